The molecule has 0 spiro atoms. The van der Waals surface area contributed by atoms with Crippen molar-refractivity contribution in [2.45, 2.75) is 67.4 Å². The summed E-state index contributed by atoms with van der Waals surface area (Å²) in [6.45, 7) is 15.4. The summed E-state index contributed by atoms with van der Waals surface area (Å²) in [7, 11) is 0. The van der Waals surface area contributed by atoms with Crippen LogP contribution in [-0.2, 0) is 9.53 Å². The molecule has 0 unspecified atom stereocenters. The average molecular weight is 344 g/mol. The van der Waals surface area contributed by atoms with Gasteiger partial charge in [0.2, 0.25) is 0 Å². The fourth-order valence-electron chi connectivity index (χ4n) is 2.99. The van der Waals surface area contributed by atoms with Crippen molar-refractivity contribution in [2.24, 2.45) is 10.4 Å². The predicted molar refractivity (Wildman–Crippen MR) is 99.9 cm³/mol. The van der Waals surface area contributed by atoms with E-state index in [4.69, 9.17) is 4.74 Å². The van der Waals surface area contributed by atoms with Gasteiger partial charge in [-0.3, -0.25) is 9.79 Å². The number of allylic oxidation sites excluding steroid dienone is 2. The van der Waals surface area contributed by atoms with Gasteiger partial charge < -0.3 is 9.72 Å². The largest absolute Gasteiger partial charge is 0.455 e. The molecule has 1 aromatic heterocycles. The predicted octanol–water partition coefficient (Wildman–Crippen LogP) is 4.39. The monoisotopic (exact) mass is 344 g/mol. The van der Waals surface area contributed by atoms with Gasteiger partial charge in [0, 0.05) is 23.2 Å². The Morgan fingerprint density at radius 2 is 1.76 bits per heavy atom. The number of ether oxygens (including phenoxy) is 1. The molecule has 0 fully saturated rings. The molecular weight excluding hydrogens is 316 g/mol. The topological polar surface area (TPSA) is 71.5 Å². The van der Waals surface area contributed by atoms with Gasteiger partial charge in [-0.1, -0.05) is 13.8 Å². The van der Waals surface area contributed by atoms with Crippen molar-refractivity contribution in [1.82, 2.24) is 4.98 Å². The van der Waals surface area contributed by atoms with E-state index in [1.165, 1.54) is 0 Å². The summed E-state index contributed by atoms with van der Waals surface area (Å²) in [4.78, 5) is 31.4. The molecule has 1 N–H and O–H groups in total. The molecule has 25 heavy (non-hydrogen) atoms. The maximum absolute atomic E-state index is 12.4. The number of H-pyrrole nitrogens is 1. The van der Waals surface area contributed by atoms with Crippen LogP contribution in [-0.4, -0.2) is 28.6 Å². The maximum atomic E-state index is 12.4. The molecule has 2 rings (SSSR count). The fraction of sp³-hybridized carbons (Fsp3) is 0.550. The highest BCUT2D eigenvalue weighted by Crippen LogP contribution is 2.38. The van der Waals surface area contributed by atoms with Crippen LogP contribution in [0.15, 0.2) is 10.7 Å². The summed E-state index contributed by atoms with van der Waals surface area (Å²) >= 11 is 0. The number of nitrogens with one attached hydrogen (secondary N) is 1. The molecule has 0 aliphatic carbocycles. The minimum absolute atomic E-state index is 0.262. The van der Waals surface area contributed by atoms with Crippen molar-refractivity contribution in [3.63, 3.8) is 0 Å². The molecule has 0 radical (unpaired) electrons. The zero-order chi connectivity index (χ0) is 19.2. The molecule has 2 heterocycles. The van der Waals surface area contributed by atoms with Gasteiger partial charge in [0.15, 0.2) is 6.29 Å². The third-order valence-corrected chi connectivity index (χ3v) is 4.64. The van der Waals surface area contributed by atoms with Gasteiger partial charge in [0.05, 0.1) is 5.71 Å². The highest BCUT2D eigenvalue weighted by molar-refractivity contribution is 6.31. The lowest BCUT2D eigenvalue weighted by Gasteiger charge is -2.19. The van der Waals surface area contributed by atoms with Crippen molar-refractivity contribution >= 4 is 23.5 Å². The lowest BCUT2D eigenvalue weighted by molar-refractivity contribution is -0.103. The van der Waals surface area contributed by atoms with E-state index >= 15 is 0 Å². The maximum Gasteiger partial charge on any atom is 0.355 e. The standard InChI is InChI=1S/C20H28N2O3/c1-11-12(2)17(18(24)25-19(4,5)6)22-16(11)13(3)14-9-20(7,8)15(10-23)21-14/h10,22H,9H2,1-8H3/b14-13-. The molecule has 5 heteroatoms. The molecule has 1 aliphatic rings. The molecule has 136 valence electrons. The number of carbonyl (C=O) groups is 2. The highest BCUT2D eigenvalue weighted by Gasteiger charge is 2.33. The van der Waals surface area contributed by atoms with Gasteiger partial charge in [0.1, 0.15) is 11.3 Å². The number of rotatable bonds is 3. The van der Waals surface area contributed by atoms with Gasteiger partial charge in [0.25, 0.3) is 0 Å². The van der Waals surface area contributed by atoms with E-state index in [1.54, 1.807) is 0 Å². The smallest absolute Gasteiger partial charge is 0.355 e. The number of aliphatic imine (C=N–C) groups is 1. The molecule has 0 atom stereocenters. The van der Waals surface area contributed by atoms with Crippen LogP contribution in [0.4, 0.5) is 0 Å². The van der Waals surface area contributed by atoms with Gasteiger partial charge in [-0.2, -0.15) is 0 Å². The number of aromatic amines is 1. The summed E-state index contributed by atoms with van der Waals surface area (Å²) < 4.78 is 5.49. The Morgan fingerprint density at radius 1 is 1.20 bits per heavy atom. The molecule has 1 aromatic rings. The second-order valence-corrected chi connectivity index (χ2v) is 8.37. The second kappa shape index (κ2) is 6.28. The Balaban J connectivity index is 2.47. The lowest BCUT2D eigenvalue weighted by Crippen LogP contribution is -2.24. The third-order valence-electron chi connectivity index (χ3n) is 4.64. The zero-order valence-corrected chi connectivity index (χ0v) is 16.5. The first-order valence-corrected chi connectivity index (χ1v) is 8.54. The van der Waals surface area contributed by atoms with Crippen molar-refractivity contribution in [1.29, 1.82) is 0 Å². The summed E-state index contributed by atoms with van der Waals surface area (Å²) in [5.41, 5.74) is 4.82. The second-order valence-electron chi connectivity index (χ2n) is 8.37. The van der Waals surface area contributed by atoms with Gasteiger partial charge in [-0.25, -0.2) is 4.79 Å². The Labute approximate surface area is 149 Å². The van der Waals surface area contributed by atoms with E-state index in [0.29, 0.717) is 17.8 Å². The summed E-state index contributed by atoms with van der Waals surface area (Å²) in [6, 6.07) is 0. The number of aldehydes is 1. The van der Waals surface area contributed by atoms with E-state index in [1.807, 2.05) is 55.4 Å². The Hall–Kier alpha value is -2.17. The minimum Gasteiger partial charge on any atom is -0.455 e. The minimum atomic E-state index is -0.547. The van der Waals surface area contributed by atoms with E-state index in [9.17, 15) is 9.59 Å². The number of aromatic nitrogens is 1. The normalized spacial score (nSPS) is 18.8. The summed E-state index contributed by atoms with van der Waals surface area (Å²) in [5.74, 6) is -0.360. The number of nitrogens with zero attached hydrogens (tertiary/aromatic N) is 1. The van der Waals surface area contributed by atoms with E-state index < -0.39 is 5.60 Å². The Bertz CT molecular complexity index is 787. The number of esters is 1. The van der Waals surface area contributed by atoms with E-state index in [0.717, 1.165) is 34.4 Å². The van der Waals surface area contributed by atoms with Crippen LogP contribution in [0, 0.1) is 19.3 Å². The van der Waals surface area contributed by atoms with Crippen LogP contribution in [0.3, 0.4) is 0 Å². The van der Waals surface area contributed by atoms with Crippen molar-refractivity contribution < 1.29 is 14.3 Å². The molecule has 0 aromatic carbocycles. The zero-order valence-electron chi connectivity index (χ0n) is 16.5. The van der Waals surface area contributed by atoms with Crippen LogP contribution in [0.2, 0.25) is 0 Å². The Morgan fingerprint density at radius 3 is 2.24 bits per heavy atom. The SMILES string of the molecule is C/C(=C1\CC(C)(C)C(C=O)=N1)c1[nH]c(C(=O)OC(C)(C)C)c(C)c1C. The third kappa shape index (κ3) is 3.75. The molecule has 0 amide bonds. The first kappa shape index (κ1) is 19.2. The van der Waals surface area contributed by atoms with Crippen molar-refractivity contribution in [3.05, 3.63) is 28.2 Å². The van der Waals surface area contributed by atoms with Gasteiger partial charge in [-0.15, -0.1) is 0 Å². The Kier molecular flexibility index (Phi) is 4.81. The van der Waals surface area contributed by atoms with Crippen molar-refractivity contribution in [3.8, 4) is 0 Å². The average Bonchev–Trinajstić information content (AvgIpc) is 2.94. The van der Waals surface area contributed by atoms with Gasteiger partial charge >= 0.3 is 5.97 Å². The van der Waals surface area contributed by atoms with E-state index in [-0.39, 0.29) is 11.4 Å². The quantitative estimate of drug-likeness (QED) is 0.653. The van der Waals surface area contributed by atoms with Crippen LogP contribution >= 0.6 is 0 Å². The van der Waals surface area contributed by atoms with Crippen LogP contribution in [0.25, 0.3) is 5.57 Å². The molecular formula is C20H28N2O3. The first-order chi connectivity index (χ1) is 11.4. The number of hydrogen-bond donors (Lipinski definition) is 1. The van der Waals surface area contributed by atoms with Crippen LogP contribution < -0.4 is 0 Å². The molecule has 0 bridgehead atoms. The number of carbonyl (C=O) groups excluding carboxylic acids is 2. The molecule has 1 aliphatic heterocycles. The highest BCUT2D eigenvalue weighted by atomic mass is 16.6. The van der Waals surface area contributed by atoms with Crippen LogP contribution in [0.5, 0.6) is 0 Å². The molecule has 5 nitrogen and oxygen atoms in total. The summed E-state index contributed by atoms with van der Waals surface area (Å²) in [5, 5.41) is 0. The lowest BCUT2D eigenvalue weighted by atomic mass is 9.85. The van der Waals surface area contributed by atoms with Crippen molar-refractivity contribution in [2.75, 3.05) is 0 Å². The first-order valence-electron chi connectivity index (χ1n) is 8.54. The van der Waals surface area contributed by atoms with Crippen LogP contribution in [0.1, 0.15) is 75.3 Å². The van der Waals surface area contributed by atoms with E-state index in [2.05, 4.69) is 9.98 Å². The number of hydrogen-bond acceptors (Lipinski definition) is 4. The molecule has 0 saturated heterocycles. The molecule has 0 saturated carbocycles. The fourth-order valence-corrected chi connectivity index (χ4v) is 2.99. The van der Waals surface area contributed by atoms with Gasteiger partial charge in [-0.05, 0) is 58.2 Å². The summed E-state index contributed by atoms with van der Waals surface area (Å²) in [6.07, 6.45) is 1.53.